The maximum atomic E-state index is 12.4. The van der Waals surface area contributed by atoms with E-state index in [0.717, 1.165) is 18.4 Å². The minimum absolute atomic E-state index is 0.0110. The first-order valence-corrected chi connectivity index (χ1v) is 7.71. The summed E-state index contributed by atoms with van der Waals surface area (Å²) >= 11 is 0. The molecule has 0 saturated carbocycles. The van der Waals surface area contributed by atoms with E-state index in [0.29, 0.717) is 6.42 Å². The van der Waals surface area contributed by atoms with Gasteiger partial charge in [-0.15, -0.1) is 0 Å². The predicted octanol–water partition coefficient (Wildman–Crippen LogP) is 5.80. The number of rotatable bonds is 10. The van der Waals surface area contributed by atoms with Gasteiger partial charge in [-0.2, -0.15) is 0 Å². The summed E-state index contributed by atoms with van der Waals surface area (Å²) in [5.41, 5.74) is 0.747. The van der Waals surface area contributed by atoms with Gasteiger partial charge < -0.3 is 5.11 Å². The number of benzene rings is 1. The minimum atomic E-state index is -2.44. The molecule has 1 unspecified atom stereocenters. The van der Waals surface area contributed by atoms with Crippen molar-refractivity contribution in [3.63, 3.8) is 0 Å². The summed E-state index contributed by atoms with van der Waals surface area (Å²) in [6.45, 7) is 2.20. The maximum Gasteiger partial charge on any atom is 0.263 e. The van der Waals surface area contributed by atoms with E-state index in [1.807, 2.05) is 0 Å². The first-order valence-electron chi connectivity index (χ1n) is 7.71. The Morgan fingerprint density at radius 1 is 0.850 bits per heavy atom. The van der Waals surface area contributed by atoms with E-state index in [-0.39, 0.29) is 5.56 Å². The monoisotopic (exact) mass is 284 g/mol. The summed E-state index contributed by atoms with van der Waals surface area (Å²) in [5, 5.41) is 10.0. The van der Waals surface area contributed by atoms with Crippen molar-refractivity contribution in [2.75, 3.05) is 0 Å². The molecule has 1 N–H and O–H groups in total. The van der Waals surface area contributed by atoms with Crippen LogP contribution in [0.4, 0.5) is 8.78 Å². The lowest BCUT2D eigenvalue weighted by molar-refractivity contribution is 0.150. The zero-order chi connectivity index (χ0) is 14.8. The topological polar surface area (TPSA) is 20.2 Å². The molecule has 0 aromatic heterocycles. The van der Waals surface area contributed by atoms with Crippen LogP contribution in [0, 0.1) is 0 Å². The Labute approximate surface area is 121 Å². The van der Waals surface area contributed by atoms with Crippen LogP contribution in [0.15, 0.2) is 24.3 Å². The number of alkyl halides is 2. The average molecular weight is 284 g/mol. The van der Waals surface area contributed by atoms with Crippen molar-refractivity contribution in [1.82, 2.24) is 0 Å². The van der Waals surface area contributed by atoms with Gasteiger partial charge in [0.2, 0.25) is 0 Å². The van der Waals surface area contributed by atoms with Crippen molar-refractivity contribution < 1.29 is 13.9 Å². The third-order valence-corrected chi connectivity index (χ3v) is 3.65. The van der Waals surface area contributed by atoms with Gasteiger partial charge in [0.1, 0.15) is 0 Å². The van der Waals surface area contributed by atoms with Gasteiger partial charge in [-0.1, -0.05) is 76.1 Å². The smallest absolute Gasteiger partial charge is 0.263 e. The summed E-state index contributed by atoms with van der Waals surface area (Å²) in [6.07, 6.45) is 6.22. The van der Waals surface area contributed by atoms with E-state index >= 15 is 0 Å². The number of hydrogen-bond acceptors (Lipinski definition) is 1. The van der Waals surface area contributed by atoms with E-state index in [2.05, 4.69) is 6.92 Å². The molecule has 1 aromatic carbocycles. The lowest BCUT2D eigenvalue weighted by Gasteiger charge is -2.11. The molecule has 0 radical (unpaired) electrons. The molecular formula is C17H26F2O. The molecule has 0 fully saturated rings. The van der Waals surface area contributed by atoms with Crippen molar-refractivity contribution in [2.45, 2.75) is 70.8 Å². The first-order chi connectivity index (χ1) is 9.65. The Morgan fingerprint density at radius 3 is 1.90 bits per heavy atom. The zero-order valence-electron chi connectivity index (χ0n) is 12.3. The highest BCUT2D eigenvalue weighted by Crippen LogP contribution is 2.24. The van der Waals surface area contributed by atoms with Gasteiger partial charge in [0.25, 0.3) is 6.43 Å². The van der Waals surface area contributed by atoms with E-state index in [9.17, 15) is 13.9 Å². The van der Waals surface area contributed by atoms with Crippen molar-refractivity contribution in [1.29, 1.82) is 0 Å². The molecule has 1 aromatic rings. The molecule has 0 aliphatic rings. The van der Waals surface area contributed by atoms with Gasteiger partial charge in [-0.3, -0.25) is 0 Å². The fourth-order valence-corrected chi connectivity index (χ4v) is 2.33. The van der Waals surface area contributed by atoms with Crippen molar-refractivity contribution in [3.8, 4) is 0 Å². The quantitative estimate of drug-likeness (QED) is 0.538. The number of unbranched alkanes of at least 4 members (excludes halogenated alkanes) is 6. The number of hydrogen-bond donors (Lipinski definition) is 1. The van der Waals surface area contributed by atoms with Crippen LogP contribution >= 0.6 is 0 Å². The molecule has 0 aliphatic heterocycles. The second kappa shape index (κ2) is 9.87. The lowest BCUT2D eigenvalue weighted by Crippen LogP contribution is -1.98. The summed E-state index contributed by atoms with van der Waals surface area (Å²) in [4.78, 5) is 0. The van der Waals surface area contributed by atoms with Gasteiger partial charge in [0.15, 0.2) is 0 Å². The highest BCUT2D eigenvalue weighted by Gasteiger charge is 2.10. The predicted molar refractivity (Wildman–Crippen MR) is 79.0 cm³/mol. The molecule has 114 valence electrons. The standard InChI is InChI=1S/C17H26F2O/c1-2-3-4-5-6-7-8-9-16(20)14-10-12-15(13-11-14)17(18)19/h10-13,16-17,20H,2-9H2,1H3. The summed E-state index contributed by atoms with van der Waals surface area (Å²) < 4.78 is 24.8. The van der Waals surface area contributed by atoms with Crippen molar-refractivity contribution >= 4 is 0 Å². The second-order valence-electron chi connectivity index (χ2n) is 5.39. The Balaban J connectivity index is 2.20. The lowest BCUT2D eigenvalue weighted by atomic mass is 10.0. The Kier molecular flexibility index (Phi) is 8.43. The Bertz CT molecular complexity index is 349. The van der Waals surface area contributed by atoms with Crippen molar-refractivity contribution in [2.24, 2.45) is 0 Å². The Morgan fingerprint density at radius 2 is 1.35 bits per heavy atom. The van der Waals surface area contributed by atoms with Crippen LogP contribution in [0.25, 0.3) is 0 Å². The van der Waals surface area contributed by atoms with Crippen LogP contribution in [0.3, 0.4) is 0 Å². The third kappa shape index (κ3) is 6.47. The van der Waals surface area contributed by atoms with Gasteiger partial charge in [0, 0.05) is 5.56 Å². The Hall–Kier alpha value is -0.960. The number of aliphatic hydroxyl groups excluding tert-OH is 1. The van der Waals surface area contributed by atoms with Crippen LogP contribution in [0.5, 0.6) is 0 Å². The highest BCUT2D eigenvalue weighted by atomic mass is 19.3. The fourth-order valence-electron chi connectivity index (χ4n) is 2.33. The average Bonchev–Trinajstić information content (AvgIpc) is 2.46. The second-order valence-corrected chi connectivity index (χ2v) is 5.39. The normalized spacial score (nSPS) is 12.8. The van der Waals surface area contributed by atoms with E-state index in [1.54, 1.807) is 12.1 Å². The minimum Gasteiger partial charge on any atom is -0.388 e. The van der Waals surface area contributed by atoms with Crippen LogP contribution in [-0.4, -0.2) is 5.11 Å². The summed E-state index contributed by atoms with van der Waals surface area (Å²) in [6, 6.07) is 6.00. The van der Waals surface area contributed by atoms with Gasteiger partial charge in [0.05, 0.1) is 6.10 Å². The molecule has 0 bridgehead atoms. The van der Waals surface area contributed by atoms with Crippen LogP contribution in [-0.2, 0) is 0 Å². The van der Waals surface area contributed by atoms with Gasteiger partial charge >= 0.3 is 0 Å². The fraction of sp³-hybridized carbons (Fsp3) is 0.647. The molecule has 3 heteroatoms. The van der Waals surface area contributed by atoms with Crippen LogP contribution in [0.1, 0.15) is 81.9 Å². The molecular weight excluding hydrogens is 258 g/mol. The van der Waals surface area contributed by atoms with Crippen LogP contribution < -0.4 is 0 Å². The van der Waals surface area contributed by atoms with E-state index < -0.39 is 12.5 Å². The molecule has 0 saturated heterocycles. The van der Waals surface area contributed by atoms with E-state index in [4.69, 9.17) is 0 Å². The molecule has 0 spiro atoms. The van der Waals surface area contributed by atoms with Gasteiger partial charge in [-0.25, -0.2) is 8.78 Å². The number of aliphatic hydroxyl groups is 1. The molecule has 0 amide bonds. The van der Waals surface area contributed by atoms with Crippen molar-refractivity contribution in [3.05, 3.63) is 35.4 Å². The molecule has 1 nitrogen and oxygen atoms in total. The highest BCUT2D eigenvalue weighted by molar-refractivity contribution is 5.24. The molecule has 1 atom stereocenters. The van der Waals surface area contributed by atoms with Gasteiger partial charge in [-0.05, 0) is 12.0 Å². The zero-order valence-corrected chi connectivity index (χ0v) is 12.3. The third-order valence-electron chi connectivity index (χ3n) is 3.65. The summed E-state index contributed by atoms with van der Waals surface area (Å²) in [5.74, 6) is 0. The maximum absolute atomic E-state index is 12.4. The summed E-state index contributed by atoms with van der Waals surface area (Å²) in [7, 11) is 0. The first kappa shape index (κ1) is 17.1. The number of halogens is 2. The van der Waals surface area contributed by atoms with E-state index in [1.165, 1.54) is 44.2 Å². The molecule has 0 heterocycles. The van der Waals surface area contributed by atoms with Crippen LogP contribution in [0.2, 0.25) is 0 Å². The molecule has 20 heavy (non-hydrogen) atoms. The molecule has 1 rings (SSSR count). The molecule has 0 aliphatic carbocycles. The largest absolute Gasteiger partial charge is 0.388 e. The SMILES string of the molecule is CCCCCCCCCC(O)c1ccc(C(F)F)cc1.